The van der Waals surface area contributed by atoms with E-state index in [0.29, 0.717) is 30.5 Å². The number of allylic oxidation sites excluding steroid dienone is 5. The number of hydrogen-bond acceptors (Lipinski definition) is 4. The van der Waals surface area contributed by atoms with E-state index >= 15 is 0 Å². The summed E-state index contributed by atoms with van der Waals surface area (Å²) in [4.78, 5) is 21.2. The summed E-state index contributed by atoms with van der Waals surface area (Å²) >= 11 is 1.75. The molecular weight excluding hydrogens is 817 g/mol. The zero-order chi connectivity index (χ0) is 44.3. The highest BCUT2D eigenvalue weighted by molar-refractivity contribution is 7.19. The molecule has 0 spiro atoms. The first-order valence-electron chi connectivity index (χ1n) is 21.5. The monoisotopic (exact) mass is 860 g/mol. The van der Waals surface area contributed by atoms with Gasteiger partial charge in [-0.05, 0) is 67.2 Å². The van der Waals surface area contributed by atoms with E-state index in [2.05, 4.69) is 120 Å². The molecule has 3 heterocycles. The van der Waals surface area contributed by atoms with Crippen molar-refractivity contribution in [2.24, 2.45) is 25.7 Å². The van der Waals surface area contributed by atoms with Crippen molar-refractivity contribution in [3.05, 3.63) is 227 Å². The lowest BCUT2D eigenvalue weighted by molar-refractivity contribution is 0.668. The molecule has 0 aliphatic heterocycles. The molecule has 0 unspecified atom stereocenters. The van der Waals surface area contributed by atoms with E-state index in [9.17, 15) is 0 Å². The minimum Gasteiger partial charge on any atom is -0.456 e. The van der Waals surface area contributed by atoms with Crippen LogP contribution in [0.5, 0.6) is 0 Å². The van der Waals surface area contributed by atoms with E-state index in [1.165, 1.54) is 4.70 Å². The quantitative estimate of drug-likeness (QED) is 0.0797. The molecule has 7 aromatic carbocycles. The average Bonchev–Trinajstić information content (AvgIpc) is 4.02. The Hall–Kier alpha value is -8.20. The highest BCUT2D eigenvalue weighted by atomic mass is 32.1. The number of nitrogens with two attached hydrogens (primary N) is 1. The van der Waals surface area contributed by atoms with Crippen molar-refractivity contribution in [2.45, 2.75) is 19.9 Å². The first-order chi connectivity index (χ1) is 32.0. The lowest BCUT2D eigenvalue weighted by Gasteiger charge is -2.10. The Morgan fingerprint density at radius 1 is 0.708 bits per heavy atom. The van der Waals surface area contributed by atoms with Crippen LogP contribution in [-0.4, -0.2) is 28.8 Å². The Labute approximate surface area is 381 Å². The van der Waals surface area contributed by atoms with Gasteiger partial charge in [0.2, 0.25) is 0 Å². The van der Waals surface area contributed by atoms with Gasteiger partial charge < -0.3 is 14.7 Å². The van der Waals surface area contributed by atoms with Crippen molar-refractivity contribution < 1.29 is 4.42 Å². The lowest BCUT2D eigenvalue weighted by Crippen LogP contribution is -2.12. The van der Waals surface area contributed by atoms with E-state index in [1.54, 1.807) is 17.4 Å². The van der Waals surface area contributed by atoms with Crippen molar-refractivity contribution in [3.63, 3.8) is 0 Å². The summed E-state index contributed by atoms with van der Waals surface area (Å²) in [5.41, 5.74) is 17.1. The number of aliphatic imine (C=N–C) groups is 4. The van der Waals surface area contributed by atoms with Crippen molar-refractivity contribution in [1.82, 2.24) is 4.57 Å². The van der Waals surface area contributed by atoms with Crippen molar-refractivity contribution >= 4 is 101 Å². The maximum atomic E-state index is 6.61. The SMILES string of the molecule is C=C/C=C\C(=C/C)n1c2ccccc2c2c(C(N=C)=NC(=NCc3cccc4oc5ccc(Cc6sc7ccccc7c6N=C(N)c6ccccc6)cc5c34)c3ccccc3)cccc21. The number of amidine groups is 3. The fourth-order valence-corrected chi connectivity index (χ4v) is 9.84. The highest BCUT2D eigenvalue weighted by Gasteiger charge is 2.20. The van der Waals surface area contributed by atoms with E-state index in [1.807, 2.05) is 91.9 Å². The van der Waals surface area contributed by atoms with E-state index in [0.717, 1.165) is 93.2 Å². The van der Waals surface area contributed by atoms with Crippen molar-refractivity contribution in [2.75, 3.05) is 0 Å². The van der Waals surface area contributed by atoms with Gasteiger partial charge in [-0.15, -0.1) is 11.3 Å². The molecule has 10 aromatic rings. The van der Waals surface area contributed by atoms with E-state index in [4.69, 9.17) is 25.1 Å². The summed E-state index contributed by atoms with van der Waals surface area (Å²) in [5.74, 6) is 1.53. The Kier molecular flexibility index (Phi) is 11.2. The van der Waals surface area contributed by atoms with E-state index in [-0.39, 0.29) is 0 Å². The average molecular weight is 861 g/mol. The van der Waals surface area contributed by atoms with Crippen LogP contribution in [0, 0.1) is 0 Å². The second-order valence-corrected chi connectivity index (χ2v) is 16.7. The van der Waals surface area contributed by atoms with Gasteiger partial charge in [-0.2, -0.15) is 0 Å². The molecule has 0 bridgehead atoms. The molecule has 0 saturated heterocycles. The number of aromatic nitrogens is 1. The van der Waals surface area contributed by atoms with Crippen LogP contribution in [0.1, 0.15) is 39.6 Å². The molecule has 8 heteroatoms. The van der Waals surface area contributed by atoms with Gasteiger partial charge in [0.1, 0.15) is 17.0 Å². The van der Waals surface area contributed by atoms with Crippen LogP contribution >= 0.6 is 11.3 Å². The molecule has 0 fully saturated rings. The molecule has 314 valence electrons. The highest BCUT2D eigenvalue weighted by Crippen LogP contribution is 2.41. The van der Waals surface area contributed by atoms with Crippen LogP contribution in [0.15, 0.2) is 219 Å². The number of para-hydroxylation sites is 1. The third kappa shape index (κ3) is 7.81. The van der Waals surface area contributed by atoms with Crippen LogP contribution in [0.25, 0.3) is 59.5 Å². The number of hydrogen-bond donors (Lipinski definition) is 1. The molecule has 0 aliphatic rings. The van der Waals surface area contributed by atoms with Gasteiger partial charge in [-0.1, -0.05) is 152 Å². The molecule has 0 saturated carbocycles. The molecule has 7 nitrogen and oxygen atoms in total. The number of rotatable bonds is 11. The van der Waals surface area contributed by atoms with Gasteiger partial charge in [0.05, 0.1) is 23.3 Å². The van der Waals surface area contributed by atoms with Crippen LogP contribution in [0.4, 0.5) is 5.69 Å². The third-order valence-corrected chi connectivity index (χ3v) is 12.8. The van der Waals surface area contributed by atoms with E-state index < -0.39 is 0 Å². The second-order valence-electron chi connectivity index (χ2n) is 15.6. The maximum absolute atomic E-state index is 6.61. The molecule has 0 amide bonds. The van der Waals surface area contributed by atoms with Crippen LogP contribution in [-0.2, 0) is 13.0 Å². The van der Waals surface area contributed by atoms with Gasteiger partial charge in [0.15, 0.2) is 11.7 Å². The second kappa shape index (κ2) is 17.9. The number of nitrogens with zero attached hydrogens (tertiary/aromatic N) is 5. The Bertz CT molecular complexity index is 3600. The molecule has 0 radical (unpaired) electrons. The number of furan rings is 1. The standard InChI is InChI=1S/C57H44N6OS/c1-4-6-24-41(5-2)63-46-28-15-13-25-42(46)53-44(27-18-29-47(53)63)57(59-3)62-56(39-21-11-8-12-22-39)60-36-40-23-17-30-49-52(40)45-34-37(32-33-48(45)64-49)35-51-54(43-26-14-16-31-50(43)65-51)61-55(58)38-19-9-7-10-20-38/h4-34H,1,3,35-36H2,2H3,(H2,58,61)/b24-6-,41-5+,60-56?,62-57?. The molecule has 0 aliphatic carbocycles. The Morgan fingerprint density at radius 3 is 2.22 bits per heavy atom. The zero-order valence-electron chi connectivity index (χ0n) is 35.9. The molecule has 65 heavy (non-hydrogen) atoms. The van der Waals surface area contributed by atoms with Crippen LogP contribution < -0.4 is 5.73 Å². The van der Waals surface area contributed by atoms with Crippen molar-refractivity contribution in [3.8, 4) is 0 Å². The minimum absolute atomic E-state index is 0.353. The topological polar surface area (TPSA) is 93.5 Å². The number of fused-ring (bicyclic) bond motifs is 7. The van der Waals surface area contributed by atoms with Crippen LogP contribution in [0.2, 0.25) is 0 Å². The van der Waals surface area contributed by atoms with Gasteiger partial charge in [-0.3, -0.25) is 4.99 Å². The molecule has 3 aromatic heterocycles. The molecule has 10 rings (SSSR count). The lowest BCUT2D eigenvalue weighted by atomic mass is 10.0. The predicted molar refractivity (Wildman–Crippen MR) is 277 cm³/mol. The Balaban J connectivity index is 1.06. The van der Waals surface area contributed by atoms with Crippen LogP contribution in [0.3, 0.4) is 0 Å². The summed E-state index contributed by atoms with van der Waals surface area (Å²) in [5, 5.41) is 5.27. The fourth-order valence-electron chi connectivity index (χ4n) is 8.66. The molecule has 0 atom stereocenters. The normalized spacial score (nSPS) is 13.0. The van der Waals surface area contributed by atoms with Gasteiger partial charge in [0, 0.05) is 65.3 Å². The minimum atomic E-state index is 0.353. The third-order valence-electron chi connectivity index (χ3n) is 11.6. The largest absolute Gasteiger partial charge is 0.456 e. The smallest absolute Gasteiger partial charge is 0.161 e. The predicted octanol–water partition coefficient (Wildman–Crippen LogP) is 14.2. The fraction of sp³-hybridized carbons (Fsp3) is 0.0526. The summed E-state index contributed by atoms with van der Waals surface area (Å²) in [6.45, 7) is 10.3. The van der Waals surface area contributed by atoms with Gasteiger partial charge in [-0.25, -0.2) is 15.0 Å². The first-order valence-corrected chi connectivity index (χ1v) is 22.3. The summed E-state index contributed by atoms with van der Waals surface area (Å²) < 4.78 is 9.91. The van der Waals surface area contributed by atoms with Crippen molar-refractivity contribution in [1.29, 1.82) is 0 Å². The summed E-state index contributed by atoms with van der Waals surface area (Å²) in [6, 6.07) is 55.6. The number of thiophene rings is 1. The summed E-state index contributed by atoms with van der Waals surface area (Å²) in [6.07, 6.45) is 8.59. The summed E-state index contributed by atoms with van der Waals surface area (Å²) in [7, 11) is 0. The molecule has 2 N–H and O–H groups in total. The maximum Gasteiger partial charge on any atom is 0.161 e. The first kappa shape index (κ1) is 40.8. The zero-order valence-corrected chi connectivity index (χ0v) is 36.7. The Morgan fingerprint density at radius 2 is 1.43 bits per heavy atom. The number of benzene rings is 7. The van der Waals surface area contributed by atoms with Gasteiger partial charge >= 0.3 is 0 Å². The van der Waals surface area contributed by atoms with Gasteiger partial charge in [0.25, 0.3) is 0 Å². The molecular formula is C57H44N6OS.